The fraction of sp³-hybridized carbons (Fsp3) is 0.0330. The van der Waals surface area contributed by atoms with Crippen LogP contribution in [0.2, 0.25) is 0 Å². The summed E-state index contributed by atoms with van der Waals surface area (Å²) in [6, 6.07) is 131. The Labute approximate surface area is 545 Å². The lowest BCUT2D eigenvalue weighted by atomic mass is 9.67. The van der Waals surface area contributed by atoms with Crippen LogP contribution in [0.5, 0.6) is 0 Å². The van der Waals surface area contributed by atoms with Crippen molar-refractivity contribution in [3.05, 3.63) is 443 Å². The Morgan fingerprint density at radius 2 is 0.419 bits per heavy atom. The van der Waals surface area contributed by atoms with E-state index in [9.17, 15) is 0 Å². The number of rotatable bonds is 14. The fourth-order valence-corrected chi connectivity index (χ4v) is 16.3. The molecule has 438 valence electrons. The molecule has 3 aliphatic carbocycles. The lowest BCUT2D eigenvalue weighted by Gasteiger charge is -2.36. The molecule has 0 saturated heterocycles. The molecule has 0 radical (unpaired) electrons. The van der Waals surface area contributed by atoms with Crippen molar-refractivity contribution in [3.63, 3.8) is 0 Å². The van der Waals surface area contributed by atoms with E-state index in [0.29, 0.717) is 0 Å². The summed E-state index contributed by atoms with van der Waals surface area (Å²) in [7, 11) is 0. The fourth-order valence-electron chi connectivity index (χ4n) is 16.3. The smallest absolute Gasteiger partial charge is 0.0715 e. The molecule has 93 heavy (non-hydrogen) atoms. The van der Waals surface area contributed by atoms with Gasteiger partial charge < -0.3 is 9.80 Å². The highest BCUT2D eigenvalue weighted by Gasteiger charge is 2.50. The van der Waals surface area contributed by atoms with Gasteiger partial charge in [-0.15, -0.1) is 0 Å². The SMILES string of the molecule is C=Cc1ccc(C2(c3ccccc3)c3ccccc3-c3ccc(N(c4ccccc4)c4ccc5c(c4)C(c4ccccc4)(c4ccccc4)c4cc(N(c6ccccc6)c6ccc7c(c6)C(c6ccccc6)(c6ccc(C=C)cc6)c6ccccc6-7)ccc4-5)cc32)cc1. The van der Waals surface area contributed by atoms with Crippen LogP contribution in [0.4, 0.5) is 34.1 Å². The zero-order chi connectivity index (χ0) is 62.1. The third kappa shape index (κ3) is 8.35. The maximum absolute atomic E-state index is 4.13. The van der Waals surface area contributed by atoms with Gasteiger partial charge in [-0.3, -0.25) is 0 Å². The van der Waals surface area contributed by atoms with Gasteiger partial charge in [0.1, 0.15) is 0 Å². The van der Waals surface area contributed by atoms with Gasteiger partial charge in [0.05, 0.1) is 16.2 Å². The number of anilines is 6. The van der Waals surface area contributed by atoms with Gasteiger partial charge in [0.25, 0.3) is 0 Å². The molecule has 3 aliphatic rings. The minimum atomic E-state index is -0.761. The van der Waals surface area contributed by atoms with E-state index >= 15 is 0 Å². The van der Waals surface area contributed by atoms with Crippen molar-refractivity contribution in [1.29, 1.82) is 0 Å². The van der Waals surface area contributed by atoms with Gasteiger partial charge in [-0.1, -0.05) is 304 Å². The van der Waals surface area contributed by atoms with Gasteiger partial charge in [0.2, 0.25) is 0 Å². The van der Waals surface area contributed by atoms with E-state index < -0.39 is 16.2 Å². The maximum Gasteiger partial charge on any atom is 0.0715 e. The number of hydrogen-bond acceptors (Lipinski definition) is 2. The van der Waals surface area contributed by atoms with E-state index in [0.717, 1.165) is 45.3 Å². The quantitative estimate of drug-likeness (QED) is 0.107. The Hall–Kier alpha value is -11.8. The third-order valence-corrected chi connectivity index (χ3v) is 20.2. The van der Waals surface area contributed by atoms with E-state index in [1.165, 1.54) is 100 Å². The zero-order valence-corrected chi connectivity index (χ0v) is 51.4. The molecule has 0 N–H and O–H groups in total. The molecular formula is C91H64N2. The number of nitrogens with zero attached hydrogens (tertiary/aromatic N) is 2. The number of benzene rings is 14. The number of para-hydroxylation sites is 2. The molecule has 2 heteroatoms. The molecule has 2 atom stereocenters. The monoisotopic (exact) mass is 1180 g/mol. The van der Waals surface area contributed by atoms with Gasteiger partial charge in [0, 0.05) is 34.1 Å². The molecule has 2 nitrogen and oxygen atoms in total. The molecule has 0 heterocycles. The van der Waals surface area contributed by atoms with Crippen LogP contribution < -0.4 is 9.80 Å². The molecule has 0 aliphatic heterocycles. The van der Waals surface area contributed by atoms with Crippen molar-refractivity contribution in [2.24, 2.45) is 0 Å². The van der Waals surface area contributed by atoms with Crippen LogP contribution in [0.3, 0.4) is 0 Å². The molecule has 17 rings (SSSR count). The summed E-state index contributed by atoms with van der Waals surface area (Å²) in [6.07, 6.45) is 3.86. The average molecular weight is 1190 g/mol. The molecule has 0 bridgehead atoms. The highest BCUT2D eigenvalue weighted by atomic mass is 15.1. The van der Waals surface area contributed by atoms with Crippen molar-refractivity contribution in [1.82, 2.24) is 0 Å². The predicted molar refractivity (Wildman–Crippen MR) is 388 cm³/mol. The van der Waals surface area contributed by atoms with E-state index in [1.54, 1.807) is 0 Å². The van der Waals surface area contributed by atoms with Crippen molar-refractivity contribution >= 4 is 46.3 Å². The van der Waals surface area contributed by atoms with Gasteiger partial charge in [-0.05, 0) is 184 Å². The summed E-state index contributed by atoms with van der Waals surface area (Å²) in [6.45, 7) is 8.27. The topological polar surface area (TPSA) is 6.48 Å². The standard InChI is InChI=1S/C91H64N2/c1-3-63-43-47-69(48-44-63)89(65-27-11-5-12-28-65)83-41-25-23-39-77(83)79-55-51-73(59-85(79)89)92(71-35-19-9-20-36-71)75-53-57-81-82-58-54-76(62-88(82)91(87(81)61-75,67-31-15-7-16-32-67)68-33-17-8-18-34-68)93(72-37-21-10-22-38-72)74-52-56-80-78-40-24-26-42-84(78)90(86(80)60-74,66-29-13-6-14-30-66)70-49-45-64(4-2)46-50-70/h3-62H,1-2H2. The minimum absolute atomic E-state index is 0.612. The molecule has 0 amide bonds. The zero-order valence-electron chi connectivity index (χ0n) is 51.4. The van der Waals surface area contributed by atoms with Gasteiger partial charge in [0.15, 0.2) is 0 Å². The first kappa shape index (κ1) is 55.2. The predicted octanol–water partition coefficient (Wildman–Crippen LogP) is 23.0. The molecule has 0 aromatic heterocycles. The Balaban J connectivity index is 0.878. The second-order valence-corrected chi connectivity index (χ2v) is 24.7. The third-order valence-electron chi connectivity index (χ3n) is 20.2. The maximum atomic E-state index is 4.13. The van der Waals surface area contributed by atoms with Crippen LogP contribution in [-0.2, 0) is 16.2 Å². The van der Waals surface area contributed by atoms with Crippen molar-refractivity contribution in [2.75, 3.05) is 9.80 Å². The van der Waals surface area contributed by atoms with Gasteiger partial charge >= 0.3 is 0 Å². The Morgan fingerprint density at radius 1 is 0.194 bits per heavy atom. The molecule has 0 saturated carbocycles. The summed E-state index contributed by atoms with van der Waals surface area (Å²) >= 11 is 0. The van der Waals surface area contributed by atoms with Crippen LogP contribution in [0, 0.1) is 0 Å². The van der Waals surface area contributed by atoms with Crippen LogP contribution >= 0.6 is 0 Å². The lowest BCUT2D eigenvalue weighted by Crippen LogP contribution is -2.29. The molecular weight excluding hydrogens is 1120 g/mol. The first-order chi connectivity index (χ1) is 46.0. The normalized spacial score (nSPS) is 15.8. The van der Waals surface area contributed by atoms with Gasteiger partial charge in [-0.25, -0.2) is 0 Å². The Kier molecular flexibility index (Phi) is 13.2. The lowest BCUT2D eigenvalue weighted by molar-refractivity contribution is 0.767. The summed E-state index contributed by atoms with van der Waals surface area (Å²) < 4.78 is 0. The Bertz CT molecular complexity index is 4830. The summed E-state index contributed by atoms with van der Waals surface area (Å²) in [5, 5.41) is 0. The molecule has 14 aromatic carbocycles. The van der Waals surface area contributed by atoms with E-state index in [2.05, 4.69) is 375 Å². The molecule has 2 unspecified atom stereocenters. The van der Waals surface area contributed by atoms with Crippen LogP contribution in [0.1, 0.15) is 77.9 Å². The summed E-state index contributed by atoms with van der Waals surface area (Å²) in [5.74, 6) is 0. The summed E-state index contributed by atoms with van der Waals surface area (Å²) in [5.41, 5.74) is 28.7. The first-order valence-electron chi connectivity index (χ1n) is 32.2. The summed E-state index contributed by atoms with van der Waals surface area (Å²) in [4.78, 5) is 4.95. The molecule has 0 fully saturated rings. The van der Waals surface area contributed by atoms with E-state index in [4.69, 9.17) is 0 Å². The first-order valence-corrected chi connectivity index (χ1v) is 32.2. The highest BCUT2D eigenvalue weighted by molar-refractivity contribution is 5.95. The van der Waals surface area contributed by atoms with Crippen LogP contribution in [-0.4, -0.2) is 0 Å². The van der Waals surface area contributed by atoms with E-state index in [-0.39, 0.29) is 0 Å². The van der Waals surface area contributed by atoms with Crippen LogP contribution in [0.25, 0.3) is 45.5 Å². The molecule has 14 aromatic rings. The Morgan fingerprint density at radius 3 is 0.699 bits per heavy atom. The van der Waals surface area contributed by atoms with Crippen LogP contribution in [0.15, 0.2) is 365 Å². The molecule has 0 spiro atoms. The number of fused-ring (bicyclic) bond motifs is 9. The second kappa shape index (κ2) is 22.3. The van der Waals surface area contributed by atoms with Crippen molar-refractivity contribution in [3.8, 4) is 33.4 Å². The minimum Gasteiger partial charge on any atom is -0.310 e. The largest absolute Gasteiger partial charge is 0.310 e. The second-order valence-electron chi connectivity index (χ2n) is 24.7. The van der Waals surface area contributed by atoms with Gasteiger partial charge in [-0.2, -0.15) is 0 Å². The van der Waals surface area contributed by atoms with E-state index in [1.807, 2.05) is 12.2 Å². The number of hydrogen-bond donors (Lipinski definition) is 0. The highest BCUT2D eigenvalue weighted by Crippen LogP contribution is 2.62. The average Bonchev–Trinajstić information content (AvgIpc) is 1.57. The van der Waals surface area contributed by atoms with Crippen molar-refractivity contribution < 1.29 is 0 Å². The van der Waals surface area contributed by atoms with Crippen molar-refractivity contribution in [2.45, 2.75) is 16.2 Å².